The van der Waals surface area contributed by atoms with Crippen LogP contribution in [-0.4, -0.2) is 30.0 Å². The van der Waals surface area contributed by atoms with Gasteiger partial charge < -0.3 is 14.1 Å². The molecule has 0 radical (unpaired) electrons. The van der Waals surface area contributed by atoms with Crippen molar-refractivity contribution in [2.24, 2.45) is 0 Å². The average Bonchev–Trinajstić information content (AvgIpc) is 2.95. The molecule has 24 heavy (non-hydrogen) atoms. The first-order valence-corrected chi connectivity index (χ1v) is 8.06. The zero-order valence-corrected chi connectivity index (χ0v) is 14.2. The zero-order chi connectivity index (χ0) is 17.3. The number of benzene rings is 1. The lowest BCUT2D eigenvalue weighted by atomic mass is 10.0. The van der Waals surface area contributed by atoms with Crippen LogP contribution in [0.5, 0.6) is 0 Å². The van der Waals surface area contributed by atoms with Crippen LogP contribution >= 0.6 is 11.6 Å². The molecule has 2 aromatic rings. The van der Waals surface area contributed by atoms with Gasteiger partial charge >= 0.3 is 0 Å². The summed E-state index contributed by atoms with van der Waals surface area (Å²) in [4.78, 5) is 14.6. The molecule has 3 rings (SSSR count). The van der Waals surface area contributed by atoms with Gasteiger partial charge in [-0.25, -0.2) is 0 Å². The molecule has 2 heterocycles. The van der Waals surface area contributed by atoms with Crippen LogP contribution in [0, 0.1) is 18.3 Å². The molecular formula is C18H17ClN2O3. The lowest BCUT2D eigenvalue weighted by molar-refractivity contribution is -0.0487. The second-order valence-corrected chi connectivity index (χ2v) is 6.31. The molecule has 1 saturated heterocycles. The van der Waals surface area contributed by atoms with E-state index in [-0.39, 0.29) is 23.8 Å². The number of hydrogen-bond acceptors (Lipinski definition) is 4. The van der Waals surface area contributed by atoms with Crippen molar-refractivity contribution in [3.8, 4) is 6.07 Å². The smallest absolute Gasteiger partial charge is 0.257 e. The van der Waals surface area contributed by atoms with Gasteiger partial charge in [-0.15, -0.1) is 0 Å². The lowest BCUT2D eigenvalue weighted by Crippen LogP contribution is -2.48. The summed E-state index contributed by atoms with van der Waals surface area (Å²) in [6.45, 7) is 4.48. The number of aryl methyl sites for hydroxylation is 1. The number of carbonyl (C=O) groups is 1. The molecule has 5 nitrogen and oxygen atoms in total. The normalized spacial score (nSPS) is 20.7. The summed E-state index contributed by atoms with van der Waals surface area (Å²) in [5.74, 6) is 0.443. The molecule has 1 aliphatic rings. The second-order valence-electron chi connectivity index (χ2n) is 5.88. The van der Waals surface area contributed by atoms with Gasteiger partial charge in [0, 0.05) is 11.1 Å². The van der Waals surface area contributed by atoms with Crippen LogP contribution in [0.2, 0.25) is 5.02 Å². The summed E-state index contributed by atoms with van der Waals surface area (Å²) >= 11 is 6.05. The Morgan fingerprint density at radius 3 is 2.88 bits per heavy atom. The second kappa shape index (κ2) is 6.68. The fourth-order valence-corrected chi connectivity index (χ4v) is 3.05. The van der Waals surface area contributed by atoms with Gasteiger partial charge in [-0.3, -0.25) is 4.79 Å². The maximum atomic E-state index is 12.9. The average molecular weight is 345 g/mol. The number of ether oxygens (including phenoxy) is 1. The van der Waals surface area contributed by atoms with Gasteiger partial charge in [0.2, 0.25) is 5.76 Å². The number of carbonyl (C=O) groups excluding carboxylic acids is 1. The van der Waals surface area contributed by atoms with Gasteiger partial charge in [0.05, 0.1) is 24.8 Å². The highest BCUT2D eigenvalue weighted by Gasteiger charge is 2.32. The molecule has 1 aromatic carbocycles. The summed E-state index contributed by atoms with van der Waals surface area (Å²) in [6, 6.07) is 10.8. The molecule has 0 spiro atoms. The van der Waals surface area contributed by atoms with Crippen molar-refractivity contribution < 1.29 is 13.9 Å². The SMILES string of the molecule is Cc1oc(C#N)cc1C(=O)N1CC(c2cccc(Cl)c2)OCC1C. The summed E-state index contributed by atoms with van der Waals surface area (Å²) in [5, 5.41) is 9.57. The summed E-state index contributed by atoms with van der Waals surface area (Å²) in [7, 11) is 0. The van der Waals surface area contributed by atoms with Crippen LogP contribution < -0.4 is 0 Å². The highest BCUT2D eigenvalue weighted by atomic mass is 35.5. The molecule has 1 aromatic heterocycles. The molecule has 124 valence electrons. The maximum absolute atomic E-state index is 12.9. The Morgan fingerprint density at radius 2 is 2.21 bits per heavy atom. The highest BCUT2D eigenvalue weighted by Crippen LogP contribution is 2.28. The highest BCUT2D eigenvalue weighted by molar-refractivity contribution is 6.30. The monoisotopic (exact) mass is 344 g/mol. The van der Waals surface area contributed by atoms with E-state index in [0.717, 1.165) is 5.56 Å². The van der Waals surface area contributed by atoms with E-state index in [1.165, 1.54) is 6.07 Å². The Bertz CT molecular complexity index is 809. The topological polar surface area (TPSA) is 66.5 Å². The van der Waals surface area contributed by atoms with Crippen molar-refractivity contribution in [3.05, 3.63) is 58.0 Å². The quantitative estimate of drug-likeness (QED) is 0.832. The zero-order valence-electron chi connectivity index (χ0n) is 13.5. The van der Waals surface area contributed by atoms with Crippen LogP contribution in [-0.2, 0) is 4.74 Å². The first-order chi connectivity index (χ1) is 11.5. The van der Waals surface area contributed by atoms with Gasteiger partial charge in [0.15, 0.2) is 0 Å². The number of rotatable bonds is 2. The third kappa shape index (κ3) is 3.16. The van der Waals surface area contributed by atoms with E-state index >= 15 is 0 Å². The van der Waals surface area contributed by atoms with E-state index in [4.69, 9.17) is 26.0 Å². The minimum atomic E-state index is -0.230. The van der Waals surface area contributed by atoms with Gasteiger partial charge in [-0.2, -0.15) is 5.26 Å². The Balaban J connectivity index is 1.84. The summed E-state index contributed by atoms with van der Waals surface area (Å²) in [6.07, 6.45) is -0.230. The molecule has 0 bridgehead atoms. The predicted molar refractivity (Wildman–Crippen MR) is 88.8 cm³/mol. The predicted octanol–water partition coefficient (Wildman–Crippen LogP) is 3.72. The Morgan fingerprint density at radius 1 is 1.42 bits per heavy atom. The number of halogens is 1. The number of hydrogen-bond donors (Lipinski definition) is 0. The van der Waals surface area contributed by atoms with E-state index in [2.05, 4.69) is 0 Å². The Kier molecular flexibility index (Phi) is 4.61. The van der Waals surface area contributed by atoms with E-state index in [9.17, 15) is 4.79 Å². The Hall–Kier alpha value is -2.29. The number of nitrogens with zero attached hydrogens (tertiary/aromatic N) is 2. The largest absolute Gasteiger partial charge is 0.450 e. The van der Waals surface area contributed by atoms with Gasteiger partial charge in [-0.05, 0) is 31.5 Å². The van der Waals surface area contributed by atoms with Crippen LogP contribution in [0.15, 0.2) is 34.7 Å². The summed E-state index contributed by atoms with van der Waals surface area (Å²) < 4.78 is 11.2. The number of furan rings is 1. The molecule has 0 saturated carbocycles. The lowest BCUT2D eigenvalue weighted by Gasteiger charge is -2.38. The maximum Gasteiger partial charge on any atom is 0.257 e. The first-order valence-electron chi connectivity index (χ1n) is 7.68. The van der Waals surface area contributed by atoms with E-state index in [0.29, 0.717) is 29.5 Å². The molecule has 0 aliphatic carbocycles. The van der Waals surface area contributed by atoms with Crippen LogP contribution in [0.1, 0.15) is 40.5 Å². The van der Waals surface area contributed by atoms with Crippen molar-refractivity contribution in [1.29, 1.82) is 5.26 Å². The van der Waals surface area contributed by atoms with E-state index in [1.54, 1.807) is 17.9 Å². The molecule has 2 unspecified atom stereocenters. The number of morpholine rings is 1. The van der Waals surface area contributed by atoms with Crippen LogP contribution in [0.3, 0.4) is 0 Å². The van der Waals surface area contributed by atoms with E-state index < -0.39 is 0 Å². The first kappa shape index (κ1) is 16.6. The minimum absolute atomic E-state index is 0.0623. The molecule has 1 aliphatic heterocycles. The van der Waals surface area contributed by atoms with Gasteiger partial charge in [0.1, 0.15) is 17.9 Å². The molecule has 1 amide bonds. The Labute approximate surface area is 145 Å². The molecular weight excluding hydrogens is 328 g/mol. The molecule has 0 N–H and O–H groups in total. The number of nitriles is 1. The van der Waals surface area contributed by atoms with E-state index in [1.807, 2.05) is 31.2 Å². The molecule has 2 atom stereocenters. The number of amides is 1. The fourth-order valence-electron chi connectivity index (χ4n) is 2.85. The van der Waals surface area contributed by atoms with Crippen molar-refractivity contribution in [1.82, 2.24) is 4.90 Å². The third-order valence-corrected chi connectivity index (χ3v) is 4.41. The summed E-state index contributed by atoms with van der Waals surface area (Å²) in [5.41, 5.74) is 1.36. The van der Waals surface area contributed by atoms with Crippen LogP contribution in [0.4, 0.5) is 0 Å². The van der Waals surface area contributed by atoms with Crippen molar-refractivity contribution in [2.45, 2.75) is 26.0 Å². The minimum Gasteiger partial charge on any atom is -0.450 e. The van der Waals surface area contributed by atoms with Gasteiger partial charge in [0.25, 0.3) is 5.91 Å². The van der Waals surface area contributed by atoms with Gasteiger partial charge in [-0.1, -0.05) is 23.7 Å². The standard InChI is InChI=1S/C18H17ClN2O3/c1-11-10-23-17(13-4-3-5-14(19)6-13)9-21(11)18(22)16-7-15(8-20)24-12(16)2/h3-7,11,17H,9-10H2,1-2H3. The van der Waals surface area contributed by atoms with Crippen molar-refractivity contribution >= 4 is 17.5 Å². The third-order valence-electron chi connectivity index (χ3n) is 4.17. The fraction of sp³-hybridized carbons (Fsp3) is 0.333. The van der Waals surface area contributed by atoms with Crippen molar-refractivity contribution in [3.63, 3.8) is 0 Å². The molecule has 1 fully saturated rings. The van der Waals surface area contributed by atoms with Crippen molar-refractivity contribution in [2.75, 3.05) is 13.2 Å². The van der Waals surface area contributed by atoms with Crippen LogP contribution in [0.25, 0.3) is 0 Å². The molecule has 6 heteroatoms.